The molecule has 5 rings (SSSR count). The molecule has 0 aliphatic carbocycles. The summed E-state index contributed by atoms with van der Waals surface area (Å²) in [5, 5.41) is 32.0. The number of nitrogens with two attached hydrogens (primary N) is 1. The summed E-state index contributed by atoms with van der Waals surface area (Å²) >= 11 is 1.32. The number of carboxylic acid groups (broad SMARTS) is 1. The molecule has 226 valence electrons. The molecule has 17 heteroatoms. The zero-order chi connectivity index (χ0) is 31.3. The number of aromatic amines is 1. The molecule has 3 heterocycles. The van der Waals surface area contributed by atoms with Gasteiger partial charge in [-0.05, 0) is 55.8 Å². The van der Waals surface area contributed by atoms with Gasteiger partial charge in [-0.2, -0.15) is 0 Å². The van der Waals surface area contributed by atoms with Gasteiger partial charge in [0.15, 0.2) is 0 Å². The third kappa shape index (κ3) is 5.86. The first kappa shape index (κ1) is 29.9. The van der Waals surface area contributed by atoms with Gasteiger partial charge in [-0.25, -0.2) is 28.1 Å². The van der Waals surface area contributed by atoms with Crippen LogP contribution in [0.1, 0.15) is 25.5 Å². The molecule has 0 spiro atoms. The second-order valence-corrected chi connectivity index (χ2v) is 13.8. The Morgan fingerprint density at radius 2 is 1.77 bits per heavy atom. The van der Waals surface area contributed by atoms with E-state index >= 15 is 0 Å². The molecule has 0 bridgehead atoms. The third-order valence-corrected chi connectivity index (χ3v) is 9.63. The average molecular weight is 630 g/mol. The zero-order valence-corrected chi connectivity index (χ0v) is 24.3. The summed E-state index contributed by atoms with van der Waals surface area (Å²) in [5.41, 5.74) is -0.0227. The minimum Gasteiger partial charge on any atom is -0.508 e. The van der Waals surface area contributed by atoms with E-state index in [0.29, 0.717) is 11.3 Å². The molecule has 0 radical (unpaired) electrons. The molecular formula is C26H27N7O8S2. The number of phenolic OH excluding ortho intramolecular Hbond substituents is 1. The highest BCUT2D eigenvalue weighted by Gasteiger charge is 2.65. The van der Waals surface area contributed by atoms with Crippen molar-refractivity contribution in [2.45, 2.75) is 40.9 Å². The number of benzene rings is 2. The number of urea groups is 1. The van der Waals surface area contributed by atoms with E-state index in [1.54, 1.807) is 26.0 Å². The van der Waals surface area contributed by atoms with Gasteiger partial charge in [0.1, 0.15) is 17.5 Å². The number of carboxylic acids is 1. The number of thioether (sulfide) groups is 1. The number of anilines is 3. The van der Waals surface area contributed by atoms with E-state index < -0.39 is 61.6 Å². The highest BCUT2D eigenvalue weighted by Crippen LogP contribution is 2.56. The third-order valence-electron chi connectivity index (χ3n) is 7.11. The molecule has 0 saturated carbocycles. The van der Waals surface area contributed by atoms with Crippen molar-refractivity contribution in [3.05, 3.63) is 70.6 Å². The van der Waals surface area contributed by atoms with Gasteiger partial charge in [0, 0.05) is 10.4 Å². The number of nitrogens with one attached hydrogen (secondary N) is 4. The number of H-pyrrole nitrogens is 1. The van der Waals surface area contributed by atoms with E-state index in [9.17, 15) is 37.8 Å². The quantitative estimate of drug-likeness (QED) is 0.176. The second kappa shape index (κ2) is 10.9. The normalized spacial score (nSPS) is 21.3. The number of amides is 3. The zero-order valence-electron chi connectivity index (χ0n) is 22.6. The van der Waals surface area contributed by atoms with Crippen molar-refractivity contribution in [2.24, 2.45) is 11.1 Å². The molecular weight excluding hydrogens is 602 g/mol. The number of carbonyl (C=O) groups is 3. The number of sulfonamides is 1. The second-order valence-electron chi connectivity index (χ2n) is 10.5. The van der Waals surface area contributed by atoms with Crippen LogP contribution >= 0.6 is 11.8 Å². The van der Waals surface area contributed by atoms with Crippen LogP contribution < -0.4 is 26.6 Å². The molecule has 2 aromatic carbocycles. The topological polar surface area (TPSA) is 237 Å². The maximum atomic E-state index is 13.3. The Balaban J connectivity index is 1.32. The number of aromatic hydroxyl groups is 1. The van der Waals surface area contributed by atoms with Gasteiger partial charge in [-0.1, -0.05) is 12.1 Å². The number of fused-ring (bicyclic) bond motifs is 1. The van der Waals surface area contributed by atoms with E-state index in [1.165, 1.54) is 53.1 Å². The minimum absolute atomic E-state index is 0.00953. The highest BCUT2D eigenvalue weighted by molar-refractivity contribution is 8.01. The predicted octanol–water partition coefficient (Wildman–Crippen LogP) is 1.49. The van der Waals surface area contributed by atoms with Crippen LogP contribution in [0, 0.1) is 5.92 Å². The maximum Gasteiger partial charge on any atom is 0.327 e. The molecule has 2 saturated heterocycles. The molecule has 43 heavy (non-hydrogen) atoms. The molecule has 3 aromatic rings. The molecule has 2 fully saturated rings. The van der Waals surface area contributed by atoms with Crippen molar-refractivity contribution in [3.63, 3.8) is 0 Å². The fourth-order valence-electron chi connectivity index (χ4n) is 5.12. The van der Waals surface area contributed by atoms with Crippen LogP contribution in [0.25, 0.3) is 0 Å². The largest absolute Gasteiger partial charge is 0.508 e. The summed E-state index contributed by atoms with van der Waals surface area (Å²) in [6, 6.07) is 8.51. The van der Waals surface area contributed by atoms with Gasteiger partial charge >= 0.3 is 12.0 Å². The molecule has 8 N–H and O–H groups in total. The SMILES string of the molecule is CC1(C)S[C@@H]2[C@H](C(NC(=O)Nc3cnc(Nc4ccc(S(N)(=O)=O)cc4)[nH]c3=O)c3ccc(O)cc3)C(=O)N2[C@H]1C(=O)O. The van der Waals surface area contributed by atoms with Crippen LogP contribution in [0.4, 0.5) is 22.1 Å². The van der Waals surface area contributed by atoms with Crippen molar-refractivity contribution in [1.29, 1.82) is 0 Å². The molecule has 4 atom stereocenters. The van der Waals surface area contributed by atoms with Crippen LogP contribution in [0.3, 0.4) is 0 Å². The number of carbonyl (C=O) groups excluding carboxylic acids is 2. The first-order valence-electron chi connectivity index (χ1n) is 12.7. The van der Waals surface area contributed by atoms with Crippen LogP contribution in [-0.4, -0.2) is 67.6 Å². The Labute approximate surface area is 248 Å². The van der Waals surface area contributed by atoms with E-state index in [1.807, 2.05) is 0 Å². The summed E-state index contributed by atoms with van der Waals surface area (Å²) < 4.78 is 22.1. The van der Waals surface area contributed by atoms with Crippen LogP contribution in [0.15, 0.2) is 64.4 Å². The number of β-lactam (4-membered cyclic amide) rings is 1. The lowest BCUT2D eigenvalue weighted by atomic mass is 9.83. The van der Waals surface area contributed by atoms with Crippen molar-refractivity contribution >= 4 is 57.0 Å². The summed E-state index contributed by atoms with van der Waals surface area (Å²) in [7, 11) is -3.87. The number of hydrogen-bond acceptors (Lipinski definition) is 10. The van der Waals surface area contributed by atoms with Crippen molar-refractivity contribution in [3.8, 4) is 5.75 Å². The van der Waals surface area contributed by atoms with Gasteiger partial charge in [0.2, 0.25) is 21.9 Å². The smallest absolute Gasteiger partial charge is 0.327 e. The van der Waals surface area contributed by atoms with Gasteiger partial charge in [0.05, 0.1) is 28.4 Å². The first-order valence-corrected chi connectivity index (χ1v) is 15.2. The van der Waals surface area contributed by atoms with E-state index in [-0.39, 0.29) is 22.3 Å². The number of rotatable bonds is 8. The molecule has 2 aliphatic heterocycles. The number of hydrogen-bond donors (Lipinski definition) is 7. The number of primary sulfonamides is 1. The van der Waals surface area contributed by atoms with E-state index in [0.717, 1.165) is 6.20 Å². The Kier molecular flexibility index (Phi) is 7.57. The Morgan fingerprint density at radius 1 is 1.12 bits per heavy atom. The summed E-state index contributed by atoms with van der Waals surface area (Å²) in [6.07, 6.45) is 1.11. The molecule has 2 aliphatic rings. The van der Waals surface area contributed by atoms with Crippen molar-refractivity contribution < 1.29 is 33.0 Å². The lowest BCUT2D eigenvalue weighted by Crippen LogP contribution is -2.65. The summed E-state index contributed by atoms with van der Waals surface area (Å²) in [5.74, 6) is -2.39. The van der Waals surface area contributed by atoms with Gasteiger partial charge < -0.3 is 31.1 Å². The number of nitrogens with zero attached hydrogens (tertiary/aromatic N) is 2. The first-order chi connectivity index (χ1) is 20.2. The maximum absolute atomic E-state index is 13.3. The van der Waals surface area contributed by atoms with Gasteiger partial charge in [-0.3, -0.25) is 14.6 Å². The molecule has 15 nitrogen and oxygen atoms in total. The van der Waals surface area contributed by atoms with E-state index in [2.05, 4.69) is 25.9 Å². The average Bonchev–Trinajstić information content (AvgIpc) is 3.17. The summed E-state index contributed by atoms with van der Waals surface area (Å²) in [6.45, 7) is 3.48. The molecule has 1 aromatic heterocycles. The van der Waals surface area contributed by atoms with Crippen LogP contribution in [-0.2, 0) is 19.6 Å². The van der Waals surface area contributed by atoms with Crippen LogP contribution in [0.5, 0.6) is 5.75 Å². The Hall–Kier alpha value is -4.61. The molecule has 1 unspecified atom stereocenters. The number of aliphatic carboxylic acids is 1. The highest BCUT2D eigenvalue weighted by atomic mass is 32.2. The fraction of sp³-hybridized carbons (Fsp3) is 0.269. The van der Waals surface area contributed by atoms with Gasteiger partial charge in [0.25, 0.3) is 5.56 Å². The standard InChI is InChI=1S/C26H27N7O8S2/c1-26(2)19(23(37)38)33-21(36)17(22(33)42-26)18(12-3-7-14(34)8-4-12)31-25(39)30-16-11-28-24(32-20(16)35)29-13-5-9-15(10-6-13)43(27,40)41/h3-11,17-19,22,34H,1-2H3,(H,37,38)(H2,27,40,41)(H2,30,31,39)(H2,28,29,32,35)/t17-,18?,19+,22-/m1/s1. The Morgan fingerprint density at radius 3 is 2.35 bits per heavy atom. The monoisotopic (exact) mass is 629 g/mol. The van der Waals surface area contributed by atoms with Crippen molar-refractivity contribution in [2.75, 3.05) is 10.6 Å². The van der Waals surface area contributed by atoms with Gasteiger partial charge in [-0.15, -0.1) is 11.8 Å². The summed E-state index contributed by atoms with van der Waals surface area (Å²) in [4.78, 5) is 58.8. The number of phenols is 1. The fourth-order valence-corrected chi connectivity index (χ4v) is 7.36. The van der Waals surface area contributed by atoms with Crippen LogP contribution in [0.2, 0.25) is 0 Å². The lowest BCUT2D eigenvalue weighted by molar-refractivity contribution is -0.164. The molecule has 3 amide bonds. The predicted molar refractivity (Wildman–Crippen MR) is 156 cm³/mol. The minimum atomic E-state index is -3.87. The van der Waals surface area contributed by atoms with E-state index in [4.69, 9.17) is 5.14 Å². The Bertz CT molecular complexity index is 1760. The number of aromatic nitrogens is 2. The lowest BCUT2D eigenvalue weighted by Gasteiger charge is -2.47. The van der Waals surface area contributed by atoms with Crippen molar-refractivity contribution in [1.82, 2.24) is 20.2 Å².